The molecule has 0 amide bonds. The number of halogens is 1. The number of benzene rings is 1. The molecule has 1 heterocycles. The van der Waals surface area contributed by atoms with E-state index < -0.39 is 5.97 Å². The van der Waals surface area contributed by atoms with E-state index in [4.69, 9.17) is 22.0 Å². The Morgan fingerprint density at radius 3 is 2.77 bits per heavy atom. The highest BCUT2D eigenvalue weighted by atomic mass is 19.1. The van der Waals surface area contributed by atoms with Gasteiger partial charge in [-0.05, 0) is 30.7 Å². The number of terminal acetylenes is 1. The van der Waals surface area contributed by atoms with E-state index in [9.17, 15) is 9.18 Å². The topological polar surface area (TPSA) is 122 Å². The number of hydrogen-bond donors (Lipinski definition) is 4. The molecular formula is C21H24FN5O3. The SMILES string of the molecule is C#C/C=C\CC.COc1cc(Nc2ncc(N)c(NC/C=C/F)n2)ccc1C(=O)O. The van der Waals surface area contributed by atoms with Gasteiger partial charge >= 0.3 is 5.97 Å². The summed E-state index contributed by atoms with van der Waals surface area (Å²) in [5, 5.41) is 14.8. The third-order valence-electron chi connectivity index (χ3n) is 3.43. The van der Waals surface area contributed by atoms with E-state index in [1.807, 2.05) is 13.0 Å². The third kappa shape index (κ3) is 7.90. The minimum atomic E-state index is -1.09. The van der Waals surface area contributed by atoms with Crippen molar-refractivity contribution >= 4 is 29.1 Å². The molecule has 0 saturated heterocycles. The number of rotatable bonds is 8. The van der Waals surface area contributed by atoms with Gasteiger partial charge in [-0.1, -0.05) is 18.9 Å². The zero-order valence-electron chi connectivity index (χ0n) is 16.7. The predicted octanol–water partition coefficient (Wildman–Crippen LogP) is 3.99. The van der Waals surface area contributed by atoms with Gasteiger partial charge in [0.25, 0.3) is 0 Å². The van der Waals surface area contributed by atoms with Crippen molar-refractivity contribution in [3.8, 4) is 18.1 Å². The predicted molar refractivity (Wildman–Crippen MR) is 117 cm³/mol. The quantitative estimate of drug-likeness (QED) is 0.479. The van der Waals surface area contributed by atoms with Gasteiger partial charge in [0.1, 0.15) is 11.3 Å². The Morgan fingerprint density at radius 2 is 2.20 bits per heavy atom. The largest absolute Gasteiger partial charge is 0.496 e. The first-order chi connectivity index (χ1) is 14.5. The van der Waals surface area contributed by atoms with Crippen LogP contribution < -0.4 is 21.1 Å². The van der Waals surface area contributed by atoms with Crippen molar-refractivity contribution in [1.82, 2.24) is 9.97 Å². The van der Waals surface area contributed by atoms with Gasteiger partial charge in [0.15, 0.2) is 5.82 Å². The van der Waals surface area contributed by atoms with Gasteiger partial charge in [0.2, 0.25) is 5.95 Å². The van der Waals surface area contributed by atoms with Crippen molar-refractivity contribution in [2.45, 2.75) is 13.3 Å². The van der Waals surface area contributed by atoms with E-state index in [0.717, 1.165) is 6.42 Å². The fraction of sp³-hybridized carbons (Fsp3) is 0.190. The molecule has 30 heavy (non-hydrogen) atoms. The van der Waals surface area contributed by atoms with Crippen LogP contribution in [0.5, 0.6) is 5.75 Å². The molecule has 0 unspecified atom stereocenters. The highest BCUT2D eigenvalue weighted by Crippen LogP contribution is 2.25. The standard InChI is InChI=1S/C15H16FN5O3.C6H8/c1-24-12-7-9(3-4-10(12)14(22)23)20-15-19-8-11(17)13(21-15)18-6-2-5-16;1-3-5-6-4-2/h2-5,7-8H,6,17H2,1H3,(H,22,23)(H2,18,19,20,21);1,5-6H,4H2,2H3/b5-2+;6-5-. The van der Waals surface area contributed by atoms with Crippen LogP contribution in [0.15, 0.2) is 49.0 Å². The number of nitrogen functional groups attached to an aromatic ring is 1. The van der Waals surface area contributed by atoms with Crippen LogP contribution in [0.1, 0.15) is 23.7 Å². The zero-order chi connectivity index (χ0) is 22.4. The van der Waals surface area contributed by atoms with Crippen LogP contribution in [-0.2, 0) is 0 Å². The molecular weight excluding hydrogens is 389 g/mol. The zero-order valence-corrected chi connectivity index (χ0v) is 16.7. The Kier molecular flexibility index (Phi) is 10.5. The van der Waals surface area contributed by atoms with Crippen LogP contribution in [0.3, 0.4) is 0 Å². The second-order valence-electron chi connectivity index (χ2n) is 5.56. The lowest BCUT2D eigenvalue weighted by Gasteiger charge is -2.11. The molecule has 0 spiro atoms. The van der Waals surface area contributed by atoms with Gasteiger partial charge in [-0.15, -0.1) is 6.42 Å². The summed E-state index contributed by atoms with van der Waals surface area (Å²) in [7, 11) is 1.38. The fourth-order valence-electron chi connectivity index (χ4n) is 2.05. The highest BCUT2D eigenvalue weighted by Gasteiger charge is 2.12. The van der Waals surface area contributed by atoms with Gasteiger partial charge in [0.05, 0.1) is 25.3 Å². The molecule has 0 radical (unpaired) electrons. The summed E-state index contributed by atoms with van der Waals surface area (Å²) in [6.45, 7) is 2.27. The maximum absolute atomic E-state index is 12.0. The lowest BCUT2D eigenvalue weighted by atomic mass is 10.2. The van der Waals surface area contributed by atoms with Gasteiger partial charge in [0, 0.05) is 18.3 Å². The van der Waals surface area contributed by atoms with Crippen molar-refractivity contribution < 1.29 is 19.0 Å². The summed E-state index contributed by atoms with van der Waals surface area (Å²) in [6, 6.07) is 4.48. The Hall–Kier alpha value is -4.06. The number of carbonyl (C=O) groups is 1. The number of aromatic carboxylic acids is 1. The Balaban J connectivity index is 0.000000656. The van der Waals surface area contributed by atoms with Crippen LogP contribution in [-0.4, -0.2) is 34.7 Å². The minimum Gasteiger partial charge on any atom is -0.496 e. The number of anilines is 4. The Morgan fingerprint density at radius 1 is 1.43 bits per heavy atom. The molecule has 1 aromatic carbocycles. The lowest BCUT2D eigenvalue weighted by Crippen LogP contribution is -2.07. The third-order valence-corrected chi connectivity index (χ3v) is 3.43. The molecule has 1 aromatic heterocycles. The van der Waals surface area contributed by atoms with E-state index in [1.165, 1.54) is 31.5 Å². The molecule has 2 rings (SSSR count). The van der Waals surface area contributed by atoms with E-state index in [2.05, 4.69) is 26.5 Å². The van der Waals surface area contributed by atoms with Crippen LogP contribution >= 0.6 is 0 Å². The summed E-state index contributed by atoms with van der Waals surface area (Å²) in [5.74, 6) is 2.09. The Bertz CT molecular complexity index is 939. The molecule has 2 aromatic rings. The van der Waals surface area contributed by atoms with Crippen molar-refractivity contribution in [2.24, 2.45) is 0 Å². The number of nitrogens with one attached hydrogen (secondary N) is 2. The molecule has 5 N–H and O–H groups in total. The molecule has 0 saturated carbocycles. The first-order valence-electron chi connectivity index (χ1n) is 8.87. The van der Waals surface area contributed by atoms with Crippen molar-refractivity contribution in [2.75, 3.05) is 30.0 Å². The Labute approximate surface area is 174 Å². The number of allylic oxidation sites excluding steroid dienone is 2. The smallest absolute Gasteiger partial charge is 0.339 e. The molecule has 0 fully saturated rings. The second-order valence-corrected chi connectivity index (χ2v) is 5.56. The van der Waals surface area contributed by atoms with E-state index in [1.54, 1.807) is 12.1 Å². The highest BCUT2D eigenvalue weighted by molar-refractivity contribution is 5.91. The van der Waals surface area contributed by atoms with Crippen LogP contribution in [0.4, 0.5) is 27.5 Å². The van der Waals surface area contributed by atoms with Gasteiger partial charge in [-0.2, -0.15) is 4.98 Å². The average molecular weight is 413 g/mol. The van der Waals surface area contributed by atoms with Crippen molar-refractivity contribution in [1.29, 1.82) is 0 Å². The molecule has 158 valence electrons. The van der Waals surface area contributed by atoms with Crippen LogP contribution in [0.25, 0.3) is 0 Å². The van der Waals surface area contributed by atoms with Gasteiger partial charge in [-0.3, -0.25) is 0 Å². The maximum atomic E-state index is 12.0. The lowest BCUT2D eigenvalue weighted by molar-refractivity contribution is 0.0693. The number of carboxylic acid groups (broad SMARTS) is 1. The van der Waals surface area contributed by atoms with Crippen LogP contribution in [0, 0.1) is 12.3 Å². The number of aromatic nitrogens is 2. The number of hydrogen-bond acceptors (Lipinski definition) is 7. The molecule has 0 atom stereocenters. The second kappa shape index (κ2) is 13.2. The molecule has 9 heteroatoms. The van der Waals surface area contributed by atoms with Crippen molar-refractivity contribution in [3.05, 3.63) is 54.5 Å². The summed E-state index contributed by atoms with van der Waals surface area (Å²) >= 11 is 0. The van der Waals surface area contributed by atoms with E-state index >= 15 is 0 Å². The summed E-state index contributed by atoms with van der Waals surface area (Å²) in [5.41, 5.74) is 6.64. The van der Waals surface area contributed by atoms with Gasteiger partial charge < -0.3 is 26.2 Å². The van der Waals surface area contributed by atoms with E-state index in [-0.39, 0.29) is 23.8 Å². The number of ether oxygens (including phenoxy) is 1. The first kappa shape index (κ1) is 24.0. The molecule has 0 aliphatic rings. The van der Waals surface area contributed by atoms with Crippen molar-refractivity contribution in [3.63, 3.8) is 0 Å². The number of methoxy groups -OCH3 is 1. The van der Waals surface area contributed by atoms with E-state index in [0.29, 0.717) is 23.5 Å². The number of nitrogens with zero attached hydrogens (tertiary/aromatic N) is 2. The molecule has 0 aliphatic carbocycles. The summed E-state index contributed by atoms with van der Waals surface area (Å²) in [4.78, 5) is 19.3. The van der Waals surface area contributed by atoms with Gasteiger partial charge in [-0.25, -0.2) is 14.2 Å². The molecule has 8 nitrogen and oxygen atoms in total. The molecule has 0 aliphatic heterocycles. The van der Waals surface area contributed by atoms with Crippen LogP contribution in [0.2, 0.25) is 0 Å². The minimum absolute atomic E-state index is 0.0432. The number of carboxylic acids is 1. The summed E-state index contributed by atoms with van der Waals surface area (Å²) < 4.78 is 17.0. The summed E-state index contributed by atoms with van der Waals surface area (Å²) in [6.07, 6.45) is 12.6. The normalized spacial score (nSPS) is 10.2. The fourth-order valence-corrected chi connectivity index (χ4v) is 2.05. The monoisotopic (exact) mass is 413 g/mol. The maximum Gasteiger partial charge on any atom is 0.339 e. The average Bonchev–Trinajstić information content (AvgIpc) is 2.74. The first-order valence-corrected chi connectivity index (χ1v) is 8.87. The molecule has 0 bridgehead atoms. The number of nitrogens with two attached hydrogens (primary N) is 1.